The molecule has 0 fully saturated rings. The highest BCUT2D eigenvalue weighted by molar-refractivity contribution is 9.10. The Bertz CT molecular complexity index is 705. The molecule has 0 spiro atoms. The largest absolute Gasteiger partial charge is 0.388 e. The number of halogens is 2. The van der Waals surface area contributed by atoms with Crippen LogP contribution in [0.4, 0.5) is 0 Å². The standard InChI is InChI=1S/C17H19BrClNO/c1-10-6-12-15(8-17(2,3)9-16(12)21)20(10)14-5-4-11(18)7-13(14)19/h4-7,16,21H,8-9H2,1-3H3. The van der Waals surface area contributed by atoms with Gasteiger partial charge in [0.05, 0.1) is 16.8 Å². The molecule has 0 amide bonds. The van der Waals surface area contributed by atoms with E-state index in [4.69, 9.17) is 11.6 Å². The first-order valence-electron chi connectivity index (χ1n) is 7.13. The third-order valence-electron chi connectivity index (χ3n) is 4.22. The van der Waals surface area contributed by atoms with Gasteiger partial charge in [-0.25, -0.2) is 0 Å². The molecule has 1 aliphatic carbocycles. The minimum absolute atomic E-state index is 0.0940. The second-order valence-electron chi connectivity index (χ2n) is 6.68. The summed E-state index contributed by atoms with van der Waals surface area (Å²) >= 11 is 9.88. The molecule has 2 nitrogen and oxygen atoms in total. The van der Waals surface area contributed by atoms with Crippen molar-refractivity contribution in [3.63, 3.8) is 0 Å². The Kier molecular flexibility index (Phi) is 3.71. The molecule has 4 heteroatoms. The molecular weight excluding hydrogens is 350 g/mol. The van der Waals surface area contributed by atoms with Gasteiger partial charge in [-0.3, -0.25) is 0 Å². The normalized spacial score (nSPS) is 20.4. The quantitative estimate of drug-likeness (QED) is 0.734. The predicted molar refractivity (Wildman–Crippen MR) is 90.3 cm³/mol. The van der Waals surface area contributed by atoms with E-state index in [9.17, 15) is 5.11 Å². The molecule has 1 unspecified atom stereocenters. The zero-order valence-corrected chi connectivity index (χ0v) is 14.8. The predicted octanol–water partition coefficient (Wildman–Crippen LogP) is 5.21. The van der Waals surface area contributed by atoms with E-state index in [0.29, 0.717) is 5.02 Å². The number of rotatable bonds is 1. The molecule has 0 saturated carbocycles. The molecule has 0 bridgehead atoms. The molecule has 0 radical (unpaired) electrons. The Morgan fingerprint density at radius 2 is 2.05 bits per heavy atom. The Balaban J connectivity index is 2.21. The van der Waals surface area contributed by atoms with Crippen molar-refractivity contribution in [2.24, 2.45) is 5.41 Å². The molecule has 0 saturated heterocycles. The van der Waals surface area contributed by atoms with Gasteiger partial charge < -0.3 is 9.67 Å². The maximum atomic E-state index is 10.4. The summed E-state index contributed by atoms with van der Waals surface area (Å²) in [4.78, 5) is 0. The Morgan fingerprint density at radius 1 is 1.33 bits per heavy atom. The van der Waals surface area contributed by atoms with Crippen LogP contribution >= 0.6 is 27.5 Å². The number of benzene rings is 1. The number of nitrogens with zero attached hydrogens (tertiary/aromatic N) is 1. The first-order valence-corrected chi connectivity index (χ1v) is 8.30. The van der Waals surface area contributed by atoms with Crippen molar-refractivity contribution in [3.05, 3.63) is 50.7 Å². The van der Waals surface area contributed by atoms with Crippen molar-refractivity contribution in [1.82, 2.24) is 4.57 Å². The van der Waals surface area contributed by atoms with Crippen LogP contribution in [0.5, 0.6) is 0 Å². The molecule has 1 aromatic carbocycles. The van der Waals surface area contributed by atoms with Crippen molar-refractivity contribution in [1.29, 1.82) is 0 Å². The van der Waals surface area contributed by atoms with Gasteiger partial charge in [-0.15, -0.1) is 0 Å². The van der Waals surface area contributed by atoms with E-state index in [2.05, 4.69) is 47.3 Å². The molecular formula is C17H19BrClNO. The Morgan fingerprint density at radius 3 is 2.71 bits per heavy atom. The SMILES string of the molecule is Cc1cc2c(n1-c1ccc(Br)cc1Cl)CC(C)(C)CC2O. The highest BCUT2D eigenvalue weighted by Gasteiger charge is 2.34. The Hall–Kier alpha value is -0.770. The summed E-state index contributed by atoms with van der Waals surface area (Å²) < 4.78 is 3.16. The van der Waals surface area contributed by atoms with Gasteiger partial charge in [0.2, 0.25) is 0 Å². The number of fused-ring (bicyclic) bond motifs is 1. The maximum Gasteiger partial charge on any atom is 0.0812 e. The highest BCUT2D eigenvalue weighted by Crippen LogP contribution is 2.43. The van der Waals surface area contributed by atoms with Crippen LogP contribution in [-0.2, 0) is 6.42 Å². The first-order chi connectivity index (χ1) is 9.78. The lowest BCUT2D eigenvalue weighted by Crippen LogP contribution is -2.26. The molecule has 112 valence electrons. The van der Waals surface area contributed by atoms with Crippen LogP contribution in [-0.4, -0.2) is 9.67 Å². The van der Waals surface area contributed by atoms with E-state index >= 15 is 0 Å². The van der Waals surface area contributed by atoms with Gasteiger partial charge in [0.1, 0.15) is 0 Å². The summed E-state index contributed by atoms with van der Waals surface area (Å²) in [6, 6.07) is 8.02. The van der Waals surface area contributed by atoms with Crippen LogP contribution in [0.25, 0.3) is 5.69 Å². The molecule has 1 aliphatic rings. The zero-order chi connectivity index (χ0) is 15.4. The summed E-state index contributed by atoms with van der Waals surface area (Å²) in [5.41, 5.74) is 4.41. The Labute approximate surface area is 138 Å². The average molecular weight is 369 g/mol. The van der Waals surface area contributed by atoms with Crippen molar-refractivity contribution >= 4 is 27.5 Å². The van der Waals surface area contributed by atoms with E-state index in [1.165, 1.54) is 5.69 Å². The molecule has 3 rings (SSSR count). The fourth-order valence-corrected chi connectivity index (χ4v) is 4.10. The summed E-state index contributed by atoms with van der Waals surface area (Å²) in [5, 5.41) is 11.2. The monoisotopic (exact) mass is 367 g/mol. The minimum Gasteiger partial charge on any atom is -0.388 e. The minimum atomic E-state index is -0.391. The molecule has 21 heavy (non-hydrogen) atoms. The average Bonchev–Trinajstić information content (AvgIpc) is 2.65. The van der Waals surface area contributed by atoms with Crippen LogP contribution in [0.2, 0.25) is 5.02 Å². The van der Waals surface area contributed by atoms with Crippen LogP contribution in [0.15, 0.2) is 28.7 Å². The molecule has 1 heterocycles. The molecule has 2 aromatic rings. The lowest BCUT2D eigenvalue weighted by Gasteiger charge is -2.34. The van der Waals surface area contributed by atoms with Gasteiger partial charge in [0.15, 0.2) is 0 Å². The summed E-state index contributed by atoms with van der Waals surface area (Å²) in [6.45, 7) is 6.47. The highest BCUT2D eigenvalue weighted by atomic mass is 79.9. The van der Waals surface area contributed by atoms with E-state index in [1.54, 1.807) is 0 Å². The smallest absolute Gasteiger partial charge is 0.0812 e. The second kappa shape index (κ2) is 5.15. The maximum absolute atomic E-state index is 10.4. The van der Waals surface area contributed by atoms with Gasteiger partial charge in [0, 0.05) is 21.4 Å². The van der Waals surface area contributed by atoms with Crippen molar-refractivity contribution in [3.8, 4) is 5.69 Å². The van der Waals surface area contributed by atoms with E-state index < -0.39 is 6.10 Å². The lowest BCUT2D eigenvalue weighted by molar-refractivity contribution is 0.0987. The fraction of sp³-hybridized carbons (Fsp3) is 0.412. The molecule has 1 atom stereocenters. The summed E-state index contributed by atoms with van der Waals surface area (Å²) in [7, 11) is 0. The van der Waals surface area contributed by atoms with Crippen LogP contribution in [0.3, 0.4) is 0 Å². The van der Waals surface area contributed by atoms with E-state index in [0.717, 1.165) is 34.3 Å². The summed E-state index contributed by atoms with van der Waals surface area (Å²) in [6.07, 6.45) is 1.36. The van der Waals surface area contributed by atoms with Crippen LogP contribution in [0.1, 0.15) is 43.3 Å². The van der Waals surface area contributed by atoms with Gasteiger partial charge in [-0.1, -0.05) is 41.4 Å². The topological polar surface area (TPSA) is 25.2 Å². The third-order valence-corrected chi connectivity index (χ3v) is 5.02. The van der Waals surface area contributed by atoms with Gasteiger partial charge in [-0.05, 0) is 49.4 Å². The van der Waals surface area contributed by atoms with Crippen LogP contribution < -0.4 is 0 Å². The van der Waals surface area contributed by atoms with E-state index in [-0.39, 0.29) is 5.41 Å². The number of hydrogen-bond acceptors (Lipinski definition) is 1. The molecule has 0 aliphatic heterocycles. The molecule has 1 N–H and O–H groups in total. The van der Waals surface area contributed by atoms with Gasteiger partial charge in [0.25, 0.3) is 0 Å². The van der Waals surface area contributed by atoms with Crippen LogP contribution in [0, 0.1) is 12.3 Å². The fourth-order valence-electron chi connectivity index (χ4n) is 3.34. The van der Waals surface area contributed by atoms with Crippen molar-refractivity contribution in [2.45, 2.75) is 39.7 Å². The first kappa shape index (κ1) is 15.1. The third kappa shape index (κ3) is 2.67. The number of aliphatic hydroxyl groups excluding tert-OH is 1. The van der Waals surface area contributed by atoms with E-state index in [1.807, 2.05) is 18.2 Å². The van der Waals surface area contributed by atoms with Crippen molar-refractivity contribution < 1.29 is 5.11 Å². The van der Waals surface area contributed by atoms with Crippen molar-refractivity contribution in [2.75, 3.05) is 0 Å². The molecule has 1 aromatic heterocycles. The lowest BCUT2D eigenvalue weighted by atomic mass is 9.75. The second-order valence-corrected chi connectivity index (χ2v) is 8.00. The van der Waals surface area contributed by atoms with Gasteiger partial charge in [-0.2, -0.15) is 0 Å². The van der Waals surface area contributed by atoms with Gasteiger partial charge >= 0.3 is 0 Å². The number of aliphatic hydroxyl groups is 1. The number of aryl methyl sites for hydroxylation is 1. The zero-order valence-electron chi connectivity index (χ0n) is 12.5. The number of aromatic nitrogens is 1. The number of hydrogen-bond donors (Lipinski definition) is 1. The summed E-state index contributed by atoms with van der Waals surface area (Å²) in [5.74, 6) is 0.